The first-order chi connectivity index (χ1) is 9.02. The van der Waals surface area contributed by atoms with Crippen LogP contribution in [0.25, 0.3) is 0 Å². The number of hydrogen-bond acceptors (Lipinski definition) is 5. The van der Waals surface area contributed by atoms with Gasteiger partial charge in [0.15, 0.2) is 0 Å². The number of ether oxygens (including phenoxy) is 1. The second kappa shape index (κ2) is 5.36. The third-order valence-electron chi connectivity index (χ3n) is 3.12. The molecule has 1 saturated heterocycles. The maximum Gasteiger partial charge on any atom is 0.328 e. The van der Waals surface area contributed by atoms with Crippen molar-refractivity contribution in [1.29, 1.82) is 0 Å². The number of amides is 1. The lowest BCUT2D eigenvalue weighted by Crippen LogP contribution is -2.41. The Bertz CT molecular complexity index is 503. The molecule has 6 nitrogen and oxygen atoms in total. The van der Waals surface area contributed by atoms with Crippen LogP contribution in [0.1, 0.15) is 22.6 Å². The van der Waals surface area contributed by atoms with Gasteiger partial charge in [-0.1, -0.05) is 6.07 Å². The number of aliphatic hydroxyl groups excluding tert-OH is 1. The first-order valence-corrected chi connectivity index (χ1v) is 6.03. The van der Waals surface area contributed by atoms with Crippen LogP contribution in [0.4, 0.5) is 0 Å². The molecular formula is C13H16N2O4. The maximum atomic E-state index is 12.3. The number of carbonyl (C=O) groups excluding carboxylic acids is 2. The van der Waals surface area contributed by atoms with E-state index in [0.29, 0.717) is 0 Å². The summed E-state index contributed by atoms with van der Waals surface area (Å²) in [6.07, 6.45) is -0.512. The van der Waals surface area contributed by atoms with E-state index in [1.807, 2.05) is 0 Å². The SMILES string of the molecule is COC(=O)C1CC(O)CN1C(=O)c1cccc(C)n1. The summed E-state index contributed by atoms with van der Waals surface area (Å²) in [5.74, 6) is -0.881. The number of β-amino-alcohol motifs (C(OH)–C–C–N with tert-alkyl or cyclic N) is 1. The topological polar surface area (TPSA) is 79.7 Å². The molecule has 19 heavy (non-hydrogen) atoms. The molecule has 6 heteroatoms. The largest absolute Gasteiger partial charge is 0.467 e. The van der Waals surface area contributed by atoms with E-state index in [-0.39, 0.29) is 24.6 Å². The second-order valence-corrected chi connectivity index (χ2v) is 4.55. The minimum Gasteiger partial charge on any atom is -0.467 e. The Labute approximate surface area is 111 Å². The lowest BCUT2D eigenvalue weighted by Gasteiger charge is -2.21. The highest BCUT2D eigenvalue weighted by Gasteiger charge is 2.40. The summed E-state index contributed by atoms with van der Waals surface area (Å²) in [7, 11) is 1.26. The predicted molar refractivity (Wildman–Crippen MR) is 66.4 cm³/mol. The molecule has 1 aliphatic heterocycles. The Morgan fingerprint density at radius 3 is 2.84 bits per heavy atom. The fraction of sp³-hybridized carbons (Fsp3) is 0.462. The summed E-state index contributed by atoms with van der Waals surface area (Å²) < 4.78 is 4.66. The molecule has 1 aromatic heterocycles. The van der Waals surface area contributed by atoms with Gasteiger partial charge < -0.3 is 14.7 Å². The van der Waals surface area contributed by atoms with E-state index in [1.165, 1.54) is 12.0 Å². The molecule has 1 aromatic rings. The van der Waals surface area contributed by atoms with Crippen molar-refractivity contribution in [3.63, 3.8) is 0 Å². The summed E-state index contributed by atoms with van der Waals surface area (Å²) in [6.45, 7) is 1.90. The Balaban J connectivity index is 2.24. The molecule has 1 fully saturated rings. The fourth-order valence-electron chi connectivity index (χ4n) is 2.21. The molecule has 2 unspecified atom stereocenters. The van der Waals surface area contributed by atoms with Gasteiger partial charge in [-0.3, -0.25) is 4.79 Å². The molecule has 1 amide bonds. The van der Waals surface area contributed by atoms with E-state index in [2.05, 4.69) is 9.72 Å². The molecule has 0 radical (unpaired) electrons. The highest BCUT2D eigenvalue weighted by atomic mass is 16.5. The fourth-order valence-corrected chi connectivity index (χ4v) is 2.21. The summed E-state index contributed by atoms with van der Waals surface area (Å²) in [6, 6.07) is 4.37. The molecule has 0 aromatic carbocycles. The zero-order chi connectivity index (χ0) is 14.0. The van der Waals surface area contributed by atoms with Crippen LogP contribution in [-0.2, 0) is 9.53 Å². The maximum absolute atomic E-state index is 12.3. The highest BCUT2D eigenvalue weighted by molar-refractivity contribution is 5.95. The Hall–Kier alpha value is -1.95. The van der Waals surface area contributed by atoms with Crippen molar-refractivity contribution in [2.75, 3.05) is 13.7 Å². The number of aromatic nitrogens is 1. The number of pyridine rings is 1. The van der Waals surface area contributed by atoms with Gasteiger partial charge in [0.25, 0.3) is 5.91 Å². The number of likely N-dealkylation sites (tertiary alicyclic amines) is 1. The molecule has 2 rings (SSSR count). The molecule has 0 saturated carbocycles. The van der Waals surface area contributed by atoms with E-state index in [0.717, 1.165) is 5.69 Å². The predicted octanol–water partition coefficient (Wildman–Crippen LogP) is 0.138. The zero-order valence-corrected chi connectivity index (χ0v) is 10.9. The first kappa shape index (κ1) is 13.5. The van der Waals surface area contributed by atoms with Crippen LogP contribution < -0.4 is 0 Å². The molecule has 0 spiro atoms. The Kier molecular flexibility index (Phi) is 3.80. The van der Waals surface area contributed by atoms with Crippen LogP contribution in [-0.4, -0.2) is 52.7 Å². The van der Waals surface area contributed by atoms with Crippen molar-refractivity contribution in [1.82, 2.24) is 9.88 Å². The summed E-state index contributed by atoms with van der Waals surface area (Å²) in [5.41, 5.74) is 0.989. The lowest BCUT2D eigenvalue weighted by atomic mass is 10.2. The smallest absolute Gasteiger partial charge is 0.328 e. The standard InChI is InChI=1S/C13H16N2O4/c1-8-4-3-5-10(14-8)12(17)15-7-9(16)6-11(15)13(18)19-2/h3-5,9,11,16H,6-7H2,1-2H3. The summed E-state index contributed by atoms with van der Waals surface area (Å²) >= 11 is 0. The van der Waals surface area contributed by atoms with Crippen molar-refractivity contribution in [3.8, 4) is 0 Å². The van der Waals surface area contributed by atoms with Gasteiger partial charge in [-0.2, -0.15) is 0 Å². The number of hydrogen-bond donors (Lipinski definition) is 1. The number of carbonyl (C=O) groups is 2. The van der Waals surface area contributed by atoms with Crippen molar-refractivity contribution < 1.29 is 19.4 Å². The molecule has 1 N–H and O–H groups in total. The van der Waals surface area contributed by atoms with Gasteiger partial charge in [0.1, 0.15) is 11.7 Å². The van der Waals surface area contributed by atoms with Gasteiger partial charge in [0.05, 0.1) is 13.2 Å². The Morgan fingerprint density at radius 2 is 2.21 bits per heavy atom. The van der Waals surface area contributed by atoms with Gasteiger partial charge in [-0.25, -0.2) is 9.78 Å². The van der Waals surface area contributed by atoms with Gasteiger partial charge in [0, 0.05) is 18.7 Å². The third-order valence-corrected chi connectivity index (χ3v) is 3.12. The van der Waals surface area contributed by atoms with E-state index >= 15 is 0 Å². The molecular weight excluding hydrogens is 248 g/mol. The number of esters is 1. The molecule has 102 valence electrons. The number of nitrogens with zero attached hydrogens (tertiary/aromatic N) is 2. The molecule has 2 heterocycles. The van der Waals surface area contributed by atoms with Gasteiger partial charge in [0.2, 0.25) is 0 Å². The average Bonchev–Trinajstić information content (AvgIpc) is 2.79. The van der Waals surface area contributed by atoms with Gasteiger partial charge in [-0.15, -0.1) is 0 Å². The summed E-state index contributed by atoms with van der Waals surface area (Å²) in [4.78, 5) is 29.4. The van der Waals surface area contributed by atoms with E-state index in [1.54, 1.807) is 25.1 Å². The highest BCUT2D eigenvalue weighted by Crippen LogP contribution is 2.21. The molecule has 2 atom stereocenters. The van der Waals surface area contributed by atoms with Crippen molar-refractivity contribution in [2.45, 2.75) is 25.5 Å². The minimum absolute atomic E-state index is 0.119. The number of methoxy groups -OCH3 is 1. The lowest BCUT2D eigenvalue weighted by molar-refractivity contribution is -0.145. The number of rotatable bonds is 2. The van der Waals surface area contributed by atoms with E-state index in [4.69, 9.17) is 0 Å². The summed E-state index contributed by atoms with van der Waals surface area (Å²) in [5, 5.41) is 9.64. The Morgan fingerprint density at radius 1 is 1.47 bits per heavy atom. The number of aliphatic hydroxyl groups is 1. The van der Waals surface area contributed by atoms with Crippen LogP contribution in [0.15, 0.2) is 18.2 Å². The minimum atomic E-state index is -0.741. The average molecular weight is 264 g/mol. The van der Waals surface area contributed by atoms with Crippen LogP contribution in [0.3, 0.4) is 0 Å². The zero-order valence-electron chi connectivity index (χ0n) is 10.9. The molecule has 0 bridgehead atoms. The van der Waals surface area contributed by atoms with Crippen molar-refractivity contribution in [3.05, 3.63) is 29.6 Å². The normalized spacial score (nSPS) is 22.4. The van der Waals surface area contributed by atoms with Gasteiger partial charge in [-0.05, 0) is 19.1 Å². The third kappa shape index (κ3) is 2.73. The van der Waals surface area contributed by atoms with Crippen molar-refractivity contribution >= 4 is 11.9 Å². The van der Waals surface area contributed by atoms with E-state index in [9.17, 15) is 14.7 Å². The van der Waals surface area contributed by atoms with Crippen molar-refractivity contribution in [2.24, 2.45) is 0 Å². The quantitative estimate of drug-likeness (QED) is 0.768. The number of aryl methyl sites for hydroxylation is 1. The molecule has 0 aliphatic carbocycles. The van der Waals surface area contributed by atoms with Crippen LogP contribution >= 0.6 is 0 Å². The molecule has 1 aliphatic rings. The second-order valence-electron chi connectivity index (χ2n) is 4.55. The van der Waals surface area contributed by atoms with Crippen LogP contribution in [0.2, 0.25) is 0 Å². The monoisotopic (exact) mass is 264 g/mol. The van der Waals surface area contributed by atoms with Crippen LogP contribution in [0, 0.1) is 6.92 Å². The van der Waals surface area contributed by atoms with E-state index < -0.39 is 18.1 Å². The van der Waals surface area contributed by atoms with Gasteiger partial charge >= 0.3 is 5.97 Å². The first-order valence-electron chi connectivity index (χ1n) is 6.03. The van der Waals surface area contributed by atoms with Crippen LogP contribution in [0.5, 0.6) is 0 Å².